The summed E-state index contributed by atoms with van der Waals surface area (Å²) < 4.78 is 11.2. The lowest BCUT2D eigenvalue weighted by atomic mass is 10.1. The number of nitrogens with zero attached hydrogens (tertiary/aromatic N) is 1. The average Bonchev–Trinajstić information content (AvgIpc) is 2.70. The maximum Gasteiger partial charge on any atom is 0.325 e. The molecule has 0 aromatic heterocycles. The Bertz CT molecular complexity index is 569. The van der Waals surface area contributed by atoms with Gasteiger partial charge in [0.05, 0.1) is 19.3 Å². The first-order chi connectivity index (χ1) is 11.7. The van der Waals surface area contributed by atoms with Crippen LogP contribution < -0.4 is 10.6 Å². The van der Waals surface area contributed by atoms with Crippen LogP contribution in [0.15, 0.2) is 11.6 Å². The Morgan fingerprint density at radius 2 is 2.16 bits per heavy atom. The highest BCUT2D eigenvalue weighted by atomic mass is 16.5. The molecule has 2 aliphatic rings. The summed E-state index contributed by atoms with van der Waals surface area (Å²) in [6.07, 6.45) is 2.33. The summed E-state index contributed by atoms with van der Waals surface area (Å²) in [5, 5.41) is 5.42. The second kappa shape index (κ2) is 7.97. The lowest BCUT2D eigenvalue weighted by Crippen LogP contribution is -2.52. The molecule has 0 aromatic rings. The number of hydrogen-bond acceptors (Lipinski definition) is 5. The number of amides is 4. The van der Waals surface area contributed by atoms with Crippen LogP contribution in [-0.2, 0) is 19.1 Å². The largest absolute Gasteiger partial charge is 0.379 e. The van der Waals surface area contributed by atoms with Gasteiger partial charge in [-0.05, 0) is 34.1 Å². The zero-order chi connectivity index (χ0) is 18.6. The van der Waals surface area contributed by atoms with Gasteiger partial charge in [-0.1, -0.05) is 11.6 Å². The highest BCUT2D eigenvalue weighted by molar-refractivity contribution is 6.08. The summed E-state index contributed by atoms with van der Waals surface area (Å²) in [6.45, 7) is 8.27. The molecule has 4 amide bonds. The van der Waals surface area contributed by atoms with Gasteiger partial charge in [0.25, 0.3) is 5.91 Å². The van der Waals surface area contributed by atoms with E-state index in [1.54, 1.807) is 13.8 Å². The summed E-state index contributed by atoms with van der Waals surface area (Å²) in [5.41, 5.74) is 0.171. The Kier molecular flexibility index (Phi) is 6.18. The fourth-order valence-corrected chi connectivity index (χ4v) is 2.74. The number of hydrogen-bond donors (Lipinski definition) is 2. The Labute approximate surface area is 147 Å². The molecular weight excluding hydrogens is 326 g/mol. The van der Waals surface area contributed by atoms with Crippen molar-refractivity contribution in [3.63, 3.8) is 0 Å². The number of rotatable bonds is 6. The molecule has 2 aliphatic heterocycles. The van der Waals surface area contributed by atoms with E-state index in [-0.39, 0.29) is 24.6 Å². The fraction of sp³-hybridized carbons (Fsp3) is 0.706. The second-order valence-corrected chi connectivity index (χ2v) is 7.14. The Morgan fingerprint density at radius 1 is 1.44 bits per heavy atom. The molecule has 2 N–H and O–H groups in total. The molecule has 0 radical (unpaired) electrons. The molecule has 0 spiro atoms. The molecule has 0 unspecified atom stereocenters. The molecule has 25 heavy (non-hydrogen) atoms. The van der Waals surface area contributed by atoms with E-state index in [0.29, 0.717) is 26.2 Å². The van der Waals surface area contributed by atoms with Gasteiger partial charge in [0.15, 0.2) is 0 Å². The molecule has 2 rings (SSSR count). The van der Waals surface area contributed by atoms with Crippen LogP contribution in [0.2, 0.25) is 0 Å². The van der Waals surface area contributed by atoms with Crippen molar-refractivity contribution in [2.45, 2.75) is 51.8 Å². The molecule has 8 heteroatoms. The lowest BCUT2D eigenvalue weighted by molar-refractivity contribution is -0.135. The number of imide groups is 1. The van der Waals surface area contributed by atoms with Crippen molar-refractivity contribution in [1.29, 1.82) is 0 Å². The number of ether oxygens (including phenoxy) is 2. The van der Waals surface area contributed by atoms with Gasteiger partial charge in [-0.15, -0.1) is 0 Å². The first-order valence-electron chi connectivity index (χ1n) is 8.47. The molecule has 2 atom stereocenters. The first kappa shape index (κ1) is 19.4. The van der Waals surface area contributed by atoms with E-state index in [4.69, 9.17) is 9.47 Å². The van der Waals surface area contributed by atoms with Gasteiger partial charge in [0.2, 0.25) is 5.91 Å². The minimum absolute atomic E-state index is 0.208. The molecule has 2 fully saturated rings. The maximum absolute atomic E-state index is 12.3. The minimum Gasteiger partial charge on any atom is -0.379 e. The summed E-state index contributed by atoms with van der Waals surface area (Å²) in [4.78, 5) is 37.2. The van der Waals surface area contributed by atoms with Gasteiger partial charge >= 0.3 is 6.03 Å². The molecule has 140 valence electrons. The van der Waals surface area contributed by atoms with E-state index < -0.39 is 17.5 Å². The standard InChI is InChI=1S/C17H27N3O5/c1-11(2)5-8-25-13-10-24-7-6-12(13)18-14(21)9-20-15(22)17(3,4)19-16(20)23/h5,12-13H,6-10H2,1-4H3,(H,18,21)(H,19,23)/t12-,13-/m1/s1. The van der Waals surface area contributed by atoms with Gasteiger partial charge in [-0.3, -0.25) is 14.5 Å². The average molecular weight is 353 g/mol. The number of allylic oxidation sites excluding steroid dienone is 1. The van der Waals surface area contributed by atoms with Crippen molar-refractivity contribution in [3.05, 3.63) is 11.6 Å². The SMILES string of the molecule is CC(C)=CCO[C@@H]1COCC[C@H]1NC(=O)CN1C(=O)NC(C)(C)C1=O. The normalized spacial score (nSPS) is 25.5. The number of carbonyl (C=O) groups is 3. The quantitative estimate of drug-likeness (QED) is 0.538. The highest BCUT2D eigenvalue weighted by Gasteiger charge is 2.45. The third-order valence-corrected chi connectivity index (χ3v) is 4.20. The van der Waals surface area contributed by atoms with Gasteiger partial charge in [-0.25, -0.2) is 4.79 Å². The molecule has 0 bridgehead atoms. The van der Waals surface area contributed by atoms with E-state index in [2.05, 4.69) is 10.6 Å². The van der Waals surface area contributed by atoms with Crippen LogP contribution in [0.3, 0.4) is 0 Å². The first-order valence-corrected chi connectivity index (χ1v) is 8.47. The van der Waals surface area contributed by atoms with Crippen molar-refractivity contribution >= 4 is 17.8 Å². The fourth-order valence-electron chi connectivity index (χ4n) is 2.74. The highest BCUT2D eigenvalue weighted by Crippen LogP contribution is 2.17. The summed E-state index contributed by atoms with van der Waals surface area (Å²) in [6, 6.07) is -0.755. The van der Waals surface area contributed by atoms with Crippen LogP contribution >= 0.6 is 0 Å². The van der Waals surface area contributed by atoms with Crippen molar-refractivity contribution in [2.24, 2.45) is 0 Å². The third kappa shape index (κ3) is 5.02. The molecule has 0 aromatic carbocycles. The third-order valence-electron chi connectivity index (χ3n) is 4.20. The predicted octanol–water partition coefficient (Wildman–Crippen LogP) is 0.573. The van der Waals surface area contributed by atoms with Gasteiger partial charge in [0.1, 0.15) is 18.2 Å². The van der Waals surface area contributed by atoms with Crippen LogP contribution in [0.25, 0.3) is 0 Å². The zero-order valence-electron chi connectivity index (χ0n) is 15.3. The van der Waals surface area contributed by atoms with Crippen LogP contribution in [0.5, 0.6) is 0 Å². The Morgan fingerprint density at radius 3 is 2.76 bits per heavy atom. The Hall–Kier alpha value is -1.93. The van der Waals surface area contributed by atoms with E-state index in [1.807, 2.05) is 19.9 Å². The summed E-state index contributed by atoms with van der Waals surface area (Å²) in [5.74, 6) is -0.792. The van der Waals surface area contributed by atoms with Crippen molar-refractivity contribution in [2.75, 3.05) is 26.4 Å². The monoisotopic (exact) mass is 353 g/mol. The summed E-state index contributed by atoms with van der Waals surface area (Å²) in [7, 11) is 0. The van der Waals surface area contributed by atoms with Gasteiger partial charge in [-0.2, -0.15) is 0 Å². The number of urea groups is 1. The van der Waals surface area contributed by atoms with E-state index in [0.717, 1.165) is 10.5 Å². The van der Waals surface area contributed by atoms with Crippen LogP contribution in [0.4, 0.5) is 4.79 Å². The van der Waals surface area contributed by atoms with Crippen molar-refractivity contribution in [1.82, 2.24) is 15.5 Å². The van der Waals surface area contributed by atoms with Gasteiger partial charge < -0.3 is 20.1 Å². The second-order valence-electron chi connectivity index (χ2n) is 7.14. The topological polar surface area (TPSA) is 97.0 Å². The number of carbonyl (C=O) groups excluding carboxylic acids is 3. The molecule has 2 saturated heterocycles. The van der Waals surface area contributed by atoms with Gasteiger partial charge in [0, 0.05) is 6.61 Å². The molecular formula is C17H27N3O5. The van der Waals surface area contributed by atoms with E-state index in [9.17, 15) is 14.4 Å². The van der Waals surface area contributed by atoms with E-state index >= 15 is 0 Å². The van der Waals surface area contributed by atoms with Crippen LogP contribution in [-0.4, -0.2) is 66.8 Å². The minimum atomic E-state index is -0.980. The summed E-state index contributed by atoms with van der Waals surface area (Å²) >= 11 is 0. The molecule has 0 saturated carbocycles. The molecule has 8 nitrogen and oxygen atoms in total. The number of nitrogens with one attached hydrogen (secondary N) is 2. The van der Waals surface area contributed by atoms with Crippen molar-refractivity contribution < 1.29 is 23.9 Å². The predicted molar refractivity (Wildman–Crippen MR) is 90.9 cm³/mol. The Balaban J connectivity index is 1.90. The lowest BCUT2D eigenvalue weighted by Gasteiger charge is -2.32. The maximum atomic E-state index is 12.3. The zero-order valence-corrected chi connectivity index (χ0v) is 15.3. The van der Waals surface area contributed by atoms with Crippen LogP contribution in [0, 0.1) is 0 Å². The van der Waals surface area contributed by atoms with Crippen LogP contribution in [0.1, 0.15) is 34.1 Å². The molecule has 2 heterocycles. The van der Waals surface area contributed by atoms with Crippen molar-refractivity contribution in [3.8, 4) is 0 Å². The van der Waals surface area contributed by atoms with E-state index in [1.165, 1.54) is 0 Å². The smallest absolute Gasteiger partial charge is 0.325 e. The molecule has 0 aliphatic carbocycles.